The van der Waals surface area contributed by atoms with Crippen LogP contribution in [-0.2, 0) is 11.2 Å². The summed E-state index contributed by atoms with van der Waals surface area (Å²) in [6.07, 6.45) is 1.10. The molecule has 0 aliphatic heterocycles. The Kier molecular flexibility index (Phi) is 7.81. The van der Waals surface area contributed by atoms with Crippen LogP contribution in [0.3, 0.4) is 0 Å². The van der Waals surface area contributed by atoms with Crippen LogP contribution < -0.4 is 5.32 Å². The second-order valence-corrected chi connectivity index (χ2v) is 12.6. The molecule has 1 rings (SSSR count). The minimum atomic E-state index is -1.06. The normalized spacial score (nSPS) is 13.4. The van der Waals surface area contributed by atoms with Gasteiger partial charge in [0.25, 0.3) is 0 Å². The van der Waals surface area contributed by atoms with Gasteiger partial charge in [-0.1, -0.05) is 49.4 Å². The summed E-state index contributed by atoms with van der Waals surface area (Å²) in [6, 6.07) is 9.59. The van der Waals surface area contributed by atoms with Crippen LogP contribution in [0.15, 0.2) is 24.3 Å². The van der Waals surface area contributed by atoms with E-state index in [1.807, 2.05) is 12.1 Å². The molecule has 0 saturated carbocycles. The molecule has 1 unspecified atom stereocenters. The van der Waals surface area contributed by atoms with Gasteiger partial charge in [0.15, 0.2) is 0 Å². The molecule has 0 aliphatic carbocycles. The first-order valence-corrected chi connectivity index (χ1v) is 11.4. The Hall–Kier alpha value is -0.353. The molecular weight excluding hydrogens is 286 g/mol. The molecule has 114 valence electrons. The molecule has 1 aromatic rings. The summed E-state index contributed by atoms with van der Waals surface area (Å²) >= 11 is 6.08. The highest BCUT2D eigenvalue weighted by atomic mass is 35.5. The van der Waals surface area contributed by atoms with Crippen molar-refractivity contribution in [3.05, 3.63) is 34.9 Å². The fraction of sp³-hybridized carbons (Fsp3) is 0.625. The van der Waals surface area contributed by atoms with E-state index in [-0.39, 0.29) is 0 Å². The molecule has 0 aliphatic rings. The Morgan fingerprint density at radius 3 is 2.65 bits per heavy atom. The highest BCUT2D eigenvalue weighted by Crippen LogP contribution is 2.22. The Morgan fingerprint density at radius 2 is 2.05 bits per heavy atom. The first-order chi connectivity index (χ1) is 9.40. The number of rotatable bonds is 9. The van der Waals surface area contributed by atoms with Crippen molar-refractivity contribution >= 4 is 19.7 Å². The van der Waals surface area contributed by atoms with Crippen LogP contribution in [-0.4, -0.2) is 34.9 Å². The van der Waals surface area contributed by atoms with E-state index in [0.29, 0.717) is 5.92 Å². The lowest BCUT2D eigenvalue weighted by molar-refractivity contribution is 0.198. The first-order valence-electron chi connectivity index (χ1n) is 7.35. The number of nitrogens with one attached hydrogen (secondary N) is 1. The predicted molar refractivity (Wildman–Crippen MR) is 91.5 cm³/mol. The summed E-state index contributed by atoms with van der Waals surface area (Å²) in [7, 11) is 0.683. The maximum Gasteiger partial charge on any atom is 0.0587 e. The van der Waals surface area contributed by atoms with Crippen molar-refractivity contribution in [2.45, 2.75) is 32.1 Å². The van der Waals surface area contributed by atoms with Crippen molar-refractivity contribution in [3.8, 4) is 0 Å². The second kappa shape index (κ2) is 8.83. The molecule has 0 amide bonds. The van der Waals surface area contributed by atoms with Crippen LogP contribution >= 0.6 is 11.6 Å². The number of methoxy groups -OCH3 is 1. The average molecular weight is 314 g/mol. The minimum absolute atomic E-state index is 0.678. The zero-order chi connectivity index (χ0) is 15.0. The predicted octanol–water partition coefficient (Wildman–Crippen LogP) is 4.07. The molecule has 0 spiro atoms. The monoisotopic (exact) mass is 313 g/mol. The van der Waals surface area contributed by atoms with Crippen LogP contribution in [0.1, 0.15) is 5.56 Å². The highest BCUT2D eigenvalue weighted by Gasteiger charge is 2.20. The van der Waals surface area contributed by atoms with Crippen molar-refractivity contribution in [2.75, 3.05) is 26.8 Å². The lowest BCUT2D eigenvalue weighted by Gasteiger charge is -2.25. The zero-order valence-corrected chi connectivity index (χ0v) is 15.0. The van der Waals surface area contributed by atoms with Crippen molar-refractivity contribution in [3.63, 3.8) is 0 Å². The van der Waals surface area contributed by atoms with Gasteiger partial charge < -0.3 is 10.1 Å². The third-order valence-corrected chi connectivity index (χ3v) is 5.27. The van der Waals surface area contributed by atoms with Gasteiger partial charge in [-0.05, 0) is 36.6 Å². The van der Waals surface area contributed by atoms with Gasteiger partial charge in [0.2, 0.25) is 0 Å². The first kappa shape index (κ1) is 17.7. The summed E-state index contributed by atoms with van der Waals surface area (Å²) < 4.78 is 5.09. The molecule has 1 atom stereocenters. The fourth-order valence-electron chi connectivity index (χ4n) is 2.56. The molecule has 0 fully saturated rings. The molecule has 0 aromatic heterocycles. The van der Waals surface area contributed by atoms with Gasteiger partial charge in [-0.3, -0.25) is 0 Å². The van der Waals surface area contributed by atoms with E-state index in [9.17, 15) is 0 Å². The van der Waals surface area contributed by atoms with Crippen LogP contribution in [0.5, 0.6) is 0 Å². The van der Waals surface area contributed by atoms with E-state index in [4.69, 9.17) is 16.3 Å². The molecule has 0 radical (unpaired) electrons. The van der Waals surface area contributed by atoms with Crippen molar-refractivity contribution < 1.29 is 4.74 Å². The van der Waals surface area contributed by atoms with E-state index in [0.717, 1.165) is 31.1 Å². The smallest absolute Gasteiger partial charge is 0.0587 e. The lowest BCUT2D eigenvalue weighted by atomic mass is 10.0. The maximum atomic E-state index is 6.08. The molecule has 0 bridgehead atoms. The van der Waals surface area contributed by atoms with E-state index in [2.05, 4.69) is 37.1 Å². The van der Waals surface area contributed by atoms with Gasteiger partial charge in [-0.25, -0.2) is 0 Å². The quantitative estimate of drug-likeness (QED) is 0.548. The standard InChI is InChI=1S/C16H28ClNOSi/c1-19-9-8-18-12-15(13-20(2,3)4)10-14-6-5-7-16(17)11-14/h5-7,11,15,18H,8-10,12-13H2,1-4H3. The Morgan fingerprint density at radius 1 is 1.30 bits per heavy atom. The largest absolute Gasteiger partial charge is 0.383 e. The van der Waals surface area contributed by atoms with Gasteiger partial charge in [-0.2, -0.15) is 0 Å². The van der Waals surface area contributed by atoms with Crippen LogP contribution in [0.2, 0.25) is 30.7 Å². The molecular formula is C16H28ClNOSi. The summed E-state index contributed by atoms with van der Waals surface area (Å²) in [5.41, 5.74) is 1.34. The van der Waals surface area contributed by atoms with Crippen LogP contribution in [0.25, 0.3) is 0 Å². The van der Waals surface area contributed by atoms with Gasteiger partial charge in [0, 0.05) is 26.8 Å². The molecule has 2 nitrogen and oxygen atoms in total. The van der Waals surface area contributed by atoms with Crippen LogP contribution in [0.4, 0.5) is 0 Å². The summed E-state index contributed by atoms with van der Waals surface area (Å²) in [4.78, 5) is 0. The topological polar surface area (TPSA) is 21.3 Å². The Balaban J connectivity index is 2.57. The van der Waals surface area contributed by atoms with Gasteiger partial charge in [0.05, 0.1) is 6.61 Å². The highest BCUT2D eigenvalue weighted by molar-refractivity contribution is 6.76. The number of hydrogen-bond acceptors (Lipinski definition) is 2. The average Bonchev–Trinajstić information content (AvgIpc) is 2.32. The SMILES string of the molecule is COCCNCC(Cc1cccc(Cl)c1)C[Si](C)(C)C. The fourth-order valence-corrected chi connectivity index (χ4v) is 4.79. The third kappa shape index (κ3) is 8.05. The van der Waals surface area contributed by atoms with Gasteiger partial charge in [-0.15, -0.1) is 0 Å². The zero-order valence-electron chi connectivity index (χ0n) is 13.2. The minimum Gasteiger partial charge on any atom is -0.383 e. The van der Waals surface area contributed by atoms with E-state index < -0.39 is 8.07 Å². The molecule has 20 heavy (non-hydrogen) atoms. The molecule has 1 aromatic carbocycles. The summed E-state index contributed by atoms with van der Waals surface area (Å²) in [5.74, 6) is 0.678. The van der Waals surface area contributed by atoms with E-state index in [1.165, 1.54) is 11.6 Å². The van der Waals surface area contributed by atoms with Gasteiger partial charge in [0.1, 0.15) is 0 Å². The Bertz CT molecular complexity index is 392. The second-order valence-electron chi connectivity index (χ2n) is 6.66. The third-order valence-electron chi connectivity index (χ3n) is 3.23. The number of ether oxygens (including phenoxy) is 1. The van der Waals surface area contributed by atoms with Crippen molar-refractivity contribution in [1.82, 2.24) is 5.32 Å². The van der Waals surface area contributed by atoms with Crippen LogP contribution in [0, 0.1) is 5.92 Å². The number of halogens is 1. The lowest BCUT2D eigenvalue weighted by Crippen LogP contribution is -2.33. The summed E-state index contributed by atoms with van der Waals surface area (Å²) in [6.45, 7) is 10.1. The number of benzene rings is 1. The molecule has 4 heteroatoms. The molecule has 0 heterocycles. The number of hydrogen-bond donors (Lipinski definition) is 1. The van der Waals surface area contributed by atoms with Crippen molar-refractivity contribution in [2.24, 2.45) is 5.92 Å². The maximum absolute atomic E-state index is 6.08. The summed E-state index contributed by atoms with van der Waals surface area (Å²) in [5, 5.41) is 4.34. The Labute approximate surface area is 129 Å². The van der Waals surface area contributed by atoms with E-state index >= 15 is 0 Å². The van der Waals surface area contributed by atoms with E-state index in [1.54, 1.807) is 7.11 Å². The molecule has 0 saturated heterocycles. The van der Waals surface area contributed by atoms with Crippen molar-refractivity contribution in [1.29, 1.82) is 0 Å². The van der Waals surface area contributed by atoms with Gasteiger partial charge >= 0.3 is 0 Å². The molecule has 1 N–H and O–H groups in total.